The molecule has 0 aliphatic carbocycles. The Morgan fingerprint density at radius 2 is 1.88 bits per heavy atom. The molecular weight excluding hydrogens is 421 g/mol. The lowest BCUT2D eigenvalue weighted by Gasteiger charge is -1.86. The van der Waals surface area contributed by atoms with Crippen LogP contribution in [0.15, 0.2) is 6.07 Å². The van der Waals surface area contributed by atoms with Crippen LogP contribution in [0.2, 0.25) is 0 Å². The average Bonchev–Trinajstić information content (AvgIpc) is 1.64. The molecule has 0 heterocycles. The molecule has 0 rings (SSSR count). The summed E-state index contributed by atoms with van der Waals surface area (Å²) in [6.45, 7) is 0. The van der Waals surface area contributed by atoms with Crippen LogP contribution in [0, 0.1) is 0 Å². The molecule has 0 saturated carbocycles. The summed E-state index contributed by atoms with van der Waals surface area (Å²) in [5.74, 6) is 0. The maximum atomic E-state index is 10.3. The van der Waals surface area contributed by atoms with Crippen molar-refractivity contribution in [3.8, 4) is 0 Å². The lowest BCUT2D eigenvalue weighted by atomic mass is 10.7. The van der Waals surface area contributed by atoms with E-state index in [9.17, 15) is 4.79 Å². The summed E-state index contributed by atoms with van der Waals surface area (Å²) < 4.78 is 1.26. The van der Waals surface area contributed by atoms with Crippen molar-refractivity contribution in [1.29, 1.82) is 0 Å². The van der Waals surface area contributed by atoms with Crippen LogP contribution < -0.4 is 0 Å². The zero-order chi connectivity index (χ0) is 6.73. The fourth-order valence-corrected chi connectivity index (χ4v) is 0.867. The molecule has 0 saturated heterocycles. The highest BCUT2D eigenvalue weighted by molar-refractivity contribution is 14.1. The van der Waals surface area contributed by atoms with Crippen LogP contribution in [-0.2, 0) is 4.79 Å². The molecule has 0 fully saturated rings. The minimum Gasteiger partial charge on any atom is -0.275 e. The van der Waals surface area contributed by atoms with Crippen molar-refractivity contribution in [3.05, 3.63) is 6.07 Å². The fraction of sp³-hybridized carbons (Fsp3) is 0. The molecule has 0 aliphatic rings. The minimum atomic E-state index is -0.424. The van der Waals surface area contributed by atoms with E-state index in [0.717, 1.165) is 2.49 Å². The Kier molecular flexibility index (Phi) is 5.37. The zero-order valence-corrected chi connectivity index (χ0v) is 10.1. The molecule has 0 unspecified atom stereocenters. The van der Waals surface area contributed by atoms with Crippen molar-refractivity contribution in [2.24, 2.45) is 0 Å². The topological polar surface area (TPSA) is 17.1 Å². The van der Waals surface area contributed by atoms with E-state index in [1.807, 2.05) is 45.2 Å². The Hall–Kier alpha value is 1.64. The van der Waals surface area contributed by atoms with E-state index in [2.05, 4.69) is 15.9 Å². The Labute approximate surface area is 87.6 Å². The number of rotatable bonds is 1. The van der Waals surface area contributed by atoms with Crippen molar-refractivity contribution in [3.63, 3.8) is 0 Å². The third-order valence-electron chi connectivity index (χ3n) is 0.338. The summed E-state index contributed by atoms with van der Waals surface area (Å²) in [4.78, 5) is 10.3. The summed E-state index contributed by atoms with van der Waals surface area (Å²) >= 11 is 12.0. The molecular formula is C3BrClI2O. The van der Waals surface area contributed by atoms with Gasteiger partial charge in [-0.05, 0) is 72.7 Å². The van der Waals surface area contributed by atoms with E-state index in [4.69, 9.17) is 11.6 Å². The molecule has 0 spiro atoms. The number of allylic oxidation sites excluding steroid dienone is 1. The first kappa shape index (κ1) is 9.64. The van der Waals surface area contributed by atoms with E-state index in [1.54, 1.807) is 0 Å². The first-order valence-electron chi connectivity index (χ1n) is 1.46. The fourth-order valence-electron chi connectivity index (χ4n) is 0.0743. The van der Waals surface area contributed by atoms with Gasteiger partial charge in [0.15, 0.2) is 0 Å². The second kappa shape index (κ2) is 4.45. The van der Waals surface area contributed by atoms with Crippen molar-refractivity contribution in [2.45, 2.75) is 0 Å². The molecule has 1 nitrogen and oxygen atoms in total. The monoisotopic (exact) mass is 420 g/mol. The molecule has 0 radical (unpaired) electrons. The van der Waals surface area contributed by atoms with Crippen molar-refractivity contribution < 1.29 is 4.79 Å². The van der Waals surface area contributed by atoms with E-state index in [0.29, 0.717) is 3.58 Å². The van der Waals surface area contributed by atoms with Crippen LogP contribution in [0.4, 0.5) is 0 Å². The van der Waals surface area contributed by atoms with E-state index in [-0.39, 0.29) is 0 Å². The van der Waals surface area contributed by atoms with Gasteiger partial charge in [0.25, 0.3) is 5.24 Å². The normalized spacial score (nSPS) is 13.0. The third-order valence-corrected chi connectivity index (χ3v) is 4.58. The molecule has 46 valence electrons. The molecule has 0 atom stereocenters. The molecule has 8 heavy (non-hydrogen) atoms. The van der Waals surface area contributed by atoms with Crippen molar-refractivity contribution in [2.75, 3.05) is 0 Å². The Bertz CT molecular complexity index is 140. The third kappa shape index (κ3) is 3.62. The van der Waals surface area contributed by atoms with Crippen LogP contribution in [-0.4, -0.2) is 5.24 Å². The minimum absolute atomic E-state index is 0.424. The smallest absolute Gasteiger partial charge is 0.260 e. The van der Waals surface area contributed by atoms with Crippen molar-refractivity contribution in [1.82, 2.24) is 0 Å². The molecule has 0 aromatic rings. The van der Waals surface area contributed by atoms with E-state index in [1.165, 1.54) is 0 Å². The lowest BCUT2D eigenvalue weighted by molar-refractivity contribution is -0.107. The van der Waals surface area contributed by atoms with E-state index >= 15 is 0 Å². The molecule has 0 amide bonds. The summed E-state index contributed by atoms with van der Waals surface area (Å²) in [5.41, 5.74) is 0. The van der Waals surface area contributed by atoms with Gasteiger partial charge in [0, 0.05) is 0 Å². The second-order valence-corrected chi connectivity index (χ2v) is 5.62. The summed E-state index contributed by atoms with van der Waals surface area (Å²) in [7, 11) is 0. The number of hydrogen-bond donors (Lipinski definition) is 0. The molecule has 0 N–H and O–H groups in total. The van der Waals surface area contributed by atoms with Gasteiger partial charge in [-0.3, -0.25) is 4.79 Å². The van der Waals surface area contributed by atoms with Gasteiger partial charge in [-0.25, -0.2) is 0 Å². The highest BCUT2D eigenvalue weighted by Crippen LogP contribution is 2.25. The Balaban J connectivity index is 4.23. The van der Waals surface area contributed by atoms with Gasteiger partial charge in [0.05, 0.1) is 6.07 Å². The summed E-state index contributed by atoms with van der Waals surface area (Å²) in [6.07, 6.45) is 0. The number of carbonyl (C=O) groups is 1. The van der Waals surface area contributed by atoms with E-state index < -0.39 is 5.24 Å². The molecule has 0 aromatic heterocycles. The zero-order valence-electron chi connectivity index (χ0n) is 3.42. The number of hydrogen-bond acceptors (Lipinski definition) is 1. The number of halogens is 4. The van der Waals surface area contributed by atoms with Crippen LogP contribution in [0.25, 0.3) is 0 Å². The summed E-state index contributed by atoms with van der Waals surface area (Å²) in [6, 6.07) is 0. The maximum absolute atomic E-state index is 10.3. The Morgan fingerprint density at radius 3 is 1.88 bits per heavy atom. The predicted molar refractivity (Wildman–Crippen MR) is 54.9 cm³/mol. The first-order valence-corrected chi connectivity index (χ1v) is 4.79. The van der Waals surface area contributed by atoms with Crippen LogP contribution in [0.5, 0.6) is 0 Å². The lowest BCUT2D eigenvalue weighted by Crippen LogP contribution is -1.82. The molecule has 0 aromatic carbocycles. The van der Waals surface area contributed by atoms with Crippen LogP contribution >= 0.6 is 72.7 Å². The summed E-state index contributed by atoms with van der Waals surface area (Å²) in [5, 5.41) is -0.424. The van der Waals surface area contributed by atoms with Gasteiger partial charge < -0.3 is 0 Å². The highest BCUT2D eigenvalue weighted by Gasteiger charge is 2.03. The molecule has 5 heteroatoms. The number of carbonyl (C=O) groups excluding carboxylic acids is 1. The Morgan fingerprint density at radius 1 is 1.50 bits per heavy atom. The van der Waals surface area contributed by atoms with Gasteiger partial charge in [0.2, 0.25) is 0 Å². The average molecular weight is 421 g/mol. The van der Waals surface area contributed by atoms with Gasteiger partial charge in [-0.15, -0.1) is 0 Å². The van der Waals surface area contributed by atoms with Crippen molar-refractivity contribution >= 4 is 78.0 Å². The van der Waals surface area contributed by atoms with Gasteiger partial charge in [-0.1, -0.05) is 0 Å². The maximum Gasteiger partial charge on any atom is 0.260 e. The van der Waals surface area contributed by atoms with Gasteiger partial charge in [-0.2, -0.15) is 0 Å². The molecule has 0 aliphatic heterocycles. The van der Waals surface area contributed by atoms with Crippen LogP contribution in [0.1, 0.15) is 0 Å². The largest absolute Gasteiger partial charge is 0.275 e. The standard InChI is InChI=1S/C3BrClI2O/c4-2(7)1(6)3(5)8. The predicted octanol–water partition coefficient (Wildman–Crippen LogP) is 3.19. The highest BCUT2D eigenvalue weighted by atomic mass is 127. The van der Waals surface area contributed by atoms with Crippen LogP contribution in [0.3, 0.4) is 0 Å². The second-order valence-electron chi connectivity index (χ2n) is 0.848. The first-order chi connectivity index (χ1) is 3.55. The van der Waals surface area contributed by atoms with Gasteiger partial charge in [0.1, 0.15) is 0 Å². The van der Waals surface area contributed by atoms with Gasteiger partial charge >= 0.3 is 0 Å². The molecule has 0 bridgehead atoms. The SMILES string of the molecule is O=C(Cl)C(I)=C(Br)I. The quantitative estimate of drug-likeness (QED) is 0.361.